The summed E-state index contributed by atoms with van der Waals surface area (Å²) in [6.45, 7) is 2.40. The highest BCUT2D eigenvalue weighted by atomic mass is 19.1. The molecule has 3 rings (SSSR count). The van der Waals surface area contributed by atoms with Crippen LogP contribution in [0.25, 0.3) is 0 Å². The van der Waals surface area contributed by atoms with Gasteiger partial charge < -0.3 is 10.2 Å². The van der Waals surface area contributed by atoms with Gasteiger partial charge in [-0.05, 0) is 28.8 Å². The average molecular weight is 419 g/mol. The number of hydrogen-bond acceptors (Lipinski definition) is 2. The maximum atomic E-state index is 13.3. The van der Waals surface area contributed by atoms with Crippen molar-refractivity contribution in [3.8, 4) is 0 Å². The Kier molecular flexibility index (Phi) is 7.93. The normalized spacial score (nSPS) is 11.5. The first kappa shape index (κ1) is 22.2. The molecule has 0 saturated heterocycles. The minimum atomic E-state index is -0.677. The van der Waals surface area contributed by atoms with Crippen molar-refractivity contribution >= 4 is 11.8 Å². The van der Waals surface area contributed by atoms with E-state index in [0.29, 0.717) is 13.0 Å². The molecule has 0 aliphatic carbocycles. The van der Waals surface area contributed by atoms with E-state index < -0.39 is 6.04 Å². The lowest BCUT2D eigenvalue weighted by Gasteiger charge is -2.31. The van der Waals surface area contributed by atoms with Crippen LogP contribution < -0.4 is 5.32 Å². The number of benzene rings is 3. The highest BCUT2D eigenvalue weighted by Crippen LogP contribution is 2.16. The molecular formula is C26H27FN2O2. The van der Waals surface area contributed by atoms with Crippen molar-refractivity contribution in [2.45, 2.75) is 38.9 Å². The van der Waals surface area contributed by atoms with Crippen LogP contribution in [0.2, 0.25) is 0 Å². The Morgan fingerprint density at radius 1 is 0.839 bits per heavy atom. The summed E-state index contributed by atoms with van der Waals surface area (Å²) >= 11 is 0. The zero-order valence-electron chi connectivity index (χ0n) is 17.6. The van der Waals surface area contributed by atoms with Gasteiger partial charge in [0.25, 0.3) is 0 Å². The van der Waals surface area contributed by atoms with E-state index in [2.05, 4.69) is 5.32 Å². The van der Waals surface area contributed by atoms with E-state index in [-0.39, 0.29) is 30.6 Å². The Balaban J connectivity index is 1.85. The Bertz CT molecular complexity index is 975. The maximum absolute atomic E-state index is 13.3. The van der Waals surface area contributed by atoms with Gasteiger partial charge in [0.2, 0.25) is 11.8 Å². The smallest absolute Gasteiger partial charge is 0.243 e. The molecule has 3 aromatic carbocycles. The highest BCUT2D eigenvalue weighted by molar-refractivity contribution is 5.87. The first-order valence-electron chi connectivity index (χ1n) is 10.5. The Labute approximate surface area is 182 Å². The lowest BCUT2D eigenvalue weighted by Crippen LogP contribution is -2.50. The molecule has 0 saturated carbocycles. The van der Waals surface area contributed by atoms with Crippen LogP contribution >= 0.6 is 0 Å². The van der Waals surface area contributed by atoms with Gasteiger partial charge in [-0.15, -0.1) is 0 Å². The minimum absolute atomic E-state index is 0.125. The fraction of sp³-hybridized carbons (Fsp3) is 0.231. The summed E-state index contributed by atoms with van der Waals surface area (Å²) in [5.74, 6) is -0.671. The van der Waals surface area contributed by atoms with Gasteiger partial charge >= 0.3 is 0 Å². The van der Waals surface area contributed by atoms with Gasteiger partial charge in [-0.25, -0.2) is 4.39 Å². The van der Waals surface area contributed by atoms with Crippen molar-refractivity contribution in [1.29, 1.82) is 0 Å². The van der Waals surface area contributed by atoms with E-state index >= 15 is 0 Å². The van der Waals surface area contributed by atoms with Gasteiger partial charge in [0.05, 0.1) is 0 Å². The maximum Gasteiger partial charge on any atom is 0.243 e. The predicted octanol–water partition coefficient (Wildman–Crippen LogP) is 4.49. The van der Waals surface area contributed by atoms with Crippen LogP contribution in [0.5, 0.6) is 0 Å². The number of nitrogens with zero attached hydrogens (tertiary/aromatic N) is 1. The summed E-state index contributed by atoms with van der Waals surface area (Å²) in [4.78, 5) is 27.7. The molecular weight excluding hydrogens is 391 g/mol. The van der Waals surface area contributed by atoms with E-state index in [4.69, 9.17) is 0 Å². The molecule has 0 aromatic heterocycles. The molecule has 0 spiro atoms. The largest absolute Gasteiger partial charge is 0.350 e. The second-order valence-electron chi connectivity index (χ2n) is 7.41. The molecule has 1 N–H and O–H groups in total. The van der Waals surface area contributed by atoms with Crippen molar-refractivity contribution < 1.29 is 14.0 Å². The monoisotopic (exact) mass is 418 g/mol. The quantitative estimate of drug-likeness (QED) is 0.557. The summed E-state index contributed by atoms with van der Waals surface area (Å²) in [6.07, 6.45) is 0.673. The Morgan fingerprint density at radius 3 is 2.00 bits per heavy atom. The Hall–Kier alpha value is -3.47. The van der Waals surface area contributed by atoms with Crippen molar-refractivity contribution in [3.05, 3.63) is 107 Å². The molecule has 0 heterocycles. The van der Waals surface area contributed by atoms with Gasteiger partial charge in [-0.3, -0.25) is 9.59 Å². The van der Waals surface area contributed by atoms with Crippen molar-refractivity contribution in [2.75, 3.05) is 0 Å². The van der Waals surface area contributed by atoms with Crippen LogP contribution in [0.3, 0.4) is 0 Å². The van der Waals surface area contributed by atoms with E-state index in [1.807, 2.05) is 60.7 Å². The van der Waals surface area contributed by atoms with E-state index in [9.17, 15) is 14.0 Å². The lowest BCUT2D eigenvalue weighted by molar-refractivity contribution is -0.141. The van der Waals surface area contributed by atoms with Crippen LogP contribution in [-0.4, -0.2) is 22.8 Å². The fourth-order valence-electron chi connectivity index (χ4n) is 3.45. The van der Waals surface area contributed by atoms with E-state index in [1.54, 1.807) is 24.0 Å². The number of hydrogen-bond donors (Lipinski definition) is 1. The summed E-state index contributed by atoms with van der Waals surface area (Å²) in [6, 6.07) is 24.7. The topological polar surface area (TPSA) is 49.4 Å². The zero-order valence-corrected chi connectivity index (χ0v) is 17.6. The third-order valence-corrected chi connectivity index (χ3v) is 5.15. The molecule has 0 radical (unpaired) electrons. The predicted molar refractivity (Wildman–Crippen MR) is 119 cm³/mol. The van der Waals surface area contributed by atoms with Crippen LogP contribution in [-0.2, 0) is 29.1 Å². The first-order chi connectivity index (χ1) is 15.1. The summed E-state index contributed by atoms with van der Waals surface area (Å²) in [7, 11) is 0. The summed E-state index contributed by atoms with van der Waals surface area (Å²) in [5, 5.41) is 2.98. The number of nitrogens with one attached hydrogen (secondary N) is 1. The van der Waals surface area contributed by atoms with Crippen LogP contribution in [0.1, 0.15) is 30.0 Å². The molecule has 160 valence electrons. The molecule has 0 fully saturated rings. The molecule has 31 heavy (non-hydrogen) atoms. The zero-order chi connectivity index (χ0) is 22.1. The third kappa shape index (κ3) is 6.51. The molecule has 0 aliphatic heterocycles. The van der Waals surface area contributed by atoms with E-state index in [1.165, 1.54) is 12.1 Å². The first-order valence-corrected chi connectivity index (χ1v) is 10.5. The molecule has 4 nitrogen and oxygen atoms in total. The fourth-order valence-corrected chi connectivity index (χ4v) is 3.45. The second-order valence-corrected chi connectivity index (χ2v) is 7.41. The molecule has 0 bridgehead atoms. The van der Waals surface area contributed by atoms with Crippen molar-refractivity contribution in [1.82, 2.24) is 10.2 Å². The molecule has 5 heteroatoms. The van der Waals surface area contributed by atoms with Gasteiger partial charge in [0.15, 0.2) is 0 Å². The van der Waals surface area contributed by atoms with Gasteiger partial charge in [-0.1, -0.05) is 79.7 Å². The SMILES string of the molecule is CCC(=O)N(Cc1ccc(F)cc1)C(Cc1ccccc1)C(=O)NCc1ccccc1. The second kappa shape index (κ2) is 11.1. The number of halogens is 1. The minimum Gasteiger partial charge on any atom is -0.350 e. The molecule has 2 amide bonds. The molecule has 3 aromatic rings. The van der Waals surface area contributed by atoms with Crippen molar-refractivity contribution in [3.63, 3.8) is 0 Å². The number of rotatable bonds is 9. The van der Waals surface area contributed by atoms with Gasteiger partial charge in [-0.2, -0.15) is 0 Å². The number of amides is 2. The molecule has 0 aliphatic rings. The van der Waals surface area contributed by atoms with Gasteiger partial charge in [0.1, 0.15) is 11.9 Å². The highest BCUT2D eigenvalue weighted by Gasteiger charge is 2.29. The summed E-state index contributed by atoms with van der Waals surface area (Å²) < 4.78 is 13.3. The Morgan fingerprint density at radius 2 is 1.42 bits per heavy atom. The third-order valence-electron chi connectivity index (χ3n) is 5.15. The van der Waals surface area contributed by atoms with Crippen LogP contribution in [0.15, 0.2) is 84.9 Å². The number of carbonyl (C=O) groups excluding carboxylic acids is 2. The van der Waals surface area contributed by atoms with E-state index in [0.717, 1.165) is 16.7 Å². The van der Waals surface area contributed by atoms with Crippen LogP contribution in [0.4, 0.5) is 4.39 Å². The lowest BCUT2D eigenvalue weighted by atomic mass is 10.0. The average Bonchev–Trinajstić information content (AvgIpc) is 2.82. The van der Waals surface area contributed by atoms with Crippen LogP contribution in [0, 0.1) is 5.82 Å². The summed E-state index contributed by atoms with van der Waals surface area (Å²) in [5.41, 5.74) is 2.73. The van der Waals surface area contributed by atoms with Gasteiger partial charge in [0, 0.05) is 25.9 Å². The molecule has 1 atom stereocenters. The van der Waals surface area contributed by atoms with Crippen molar-refractivity contribution in [2.24, 2.45) is 0 Å². The number of carbonyl (C=O) groups is 2. The standard InChI is InChI=1S/C26H27FN2O2/c1-2-25(30)29(19-22-13-15-23(27)16-14-22)24(17-20-9-5-3-6-10-20)26(31)28-18-21-11-7-4-8-12-21/h3-16,24H,2,17-19H2,1H3,(H,28,31). The molecule has 1 unspecified atom stereocenters.